The van der Waals surface area contributed by atoms with Gasteiger partial charge in [0.2, 0.25) is 0 Å². The number of benzene rings is 1. The van der Waals surface area contributed by atoms with Crippen molar-refractivity contribution in [1.82, 2.24) is 10.2 Å². The Morgan fingerprint density at radius 1 is 1.32 bits per heavy atom. The molecule has 1 aromatic heterocycles. The van der Waals surface area contributed by atoms with Gasteiger partial charge in [-0.2, -0.15) is 0 Å². The molecule has 150 valence electrons. The normalized spacial score (nSPS) is 15.8. The van der Waals surface area contributed by atoms with E-state index in [4.69, 9.17) is 13.9 Å². The molecular weight excluding hydrogens is 366 g/mol. The molecule has 1 aliphatic heterocycles. The number of methoxy groups -OCH3 is 1. The molecule has 2 aromatic rings. The van der Waals surface area contributed by atoms with Gasteiger partial charge in [-0.1, -0.05) is 0 Å². The third kappa shape index (κ3) is 4.49. The molecule has 1 amide bonds. The molecule has 0 aliphatic carbocycles. The van der Waals surface area contributed by atoms with E-state index < -0.39 is 10.8 Å². The third-order valence-corrected chi connectivity index (χ3v) is 4.67. The number of amides is 1. The number of rotatable bonds is 7. The molecule has 2 heterocycles. The van der Waals surface area contributed by atoms with Crippen molar-refractivity contribution in [3.8, 4) is 5.75 Å². The number of nitrogens with zero attached hydrogens (tertiary/aromatic N) is 2. The molecule has 1 fully saturated rings. The Bertz CT molecular complexity index is 844. The average Bonchev–Trinajstić information content (AvgIpc) is 3.14. The first-order valence-corrected chi connectivity index (χ1v) is 8.98. The van der Waals surface area contributed by atoms with Crippen LogP contribution >= 0.6 is 0 Å². The molecule has 3 rings (SSSR count). The van der Waals surface area contributed by atoms with Gasteiger partial charge in [0, 0.05) is 31.8 Å². The number of hydrogen-bond acceptors (Lipinski definition) is 7. The highest BCUT2D eigenvalue weighted by Crippen LogP contribution is 2.26. The van der Waals surface area contributed by atoms with Gasteiger partial charge in [0.25, 0.3) is 11.6 Å². The SMILES string of the molecule is COc1ccc([N+](=O)[O-])cc1C(=O)NC[C@H](c1ccc(C)o1)N1CCOCC1. The summed E-state index contributed by atoms with van der Waals surface area (Å²) in [6, 6.07) is 7.56. The summed E-state index contributed by atoms with van der Waals surface area (Å²) in [5.41, 5.74) is -0.0506. The van der Waals surface area contributed by atoms with Crippen LogP contribution in [0.5, 0.6) is 5.75 Å². The lowest BCUT2D eigenvalue weighted by Crippen LogP contribution is -2.43. The molecule has 1 atom stereocenters. The Morgan fingerprint density at radius 2 is 2.07 bits per heavy atom. The molecule has 0 spiro atoms. The summed E-state index contributed by atoms with van der Waals surface area (Å²) >= 11 is 0. The topological polar surface area (TPSA) is 107 Å². The van der Waals surface area contributed by atoms with E-state index in [1.807, 2.05) is 19.1 Å². The smallest absolute Gasteiger partial charge is 0.270 e. The minimum atomic E-state index is -0.543. The zero-order valence-electron chi connectivity index (χ0n) is 15.8. The average molecular weight is 389 g/mol. The van der Waals surface area contributed by atoms with Crippen molar-refractivity contribution in [2.45, 2.75) is 13.0 Å². The lowest BCUT2D eigenvalue weighted by atomic mass is 10.1. The van der Waals surface area contributed by atoms with E-state index in [9.17, 15) is 14.9 Å². The fourth-order valence-corrected chi connectivity index (χ4v) is 3.20. The molecule has 1 saturated heterocycles. The van der Waals surface area contributed by atoms with Crippen molar-refractivity contribution in [3.05, 3.63) is 57.5 Å². The van der Waals surface area contributed by atoms with Gasteiger partial charge in [0.1, 0.15) is 17.3 Å². The first-order valence-electron chi connectivity index (χ1n) is 8.98. The quantitative estimate of drug-likeness (QED) is 0.572. The highest BCUT2D eigenvalue weighted by atomic mass is 16.6. The molecular formula is C19H23N3O6. The minimum absolute atomic E-state index is 0.119. The predicted octanol–water partition coefficient (Wildman–Crippen LogP) is 2.31. The lowest BCUT2D eigenvalue weighted by Gasteiger charge is -2.33. The highest BCUT2D eigenvalue weighted by Gasteiger charge is 2.26. The van der Waals surface area contributed by atoms with Crippen LogP contribution in [0.4, 0.5) is 5.69 Å². The number of nitro groups is 1. The van der Waals surface area contributed by atoms with E-state index in [2.05, 4.69) is 10.2 Å². The summed E-state index contributed by atoms with van der Waals surface area (Å²) in [4.78, 5) is 25.4. The molecule has 0 saturated carbocycles. The van der Waals surface area contributed by atoms with Crippen molar-refractivity contribution < 1.29 is 23.6 Å². The van der Waals surface area contributed by atoms with Crippen molar-refractivity contribution in [3.63, 3.8) is 0 Å². The number of carbonyl (C=O) groups is 1. The van der Waals surface area contributed by atoms with E-state index in [0.29, 0.717) is 13.2 Å². The lowest BCUT2D eigenvalue weighted by molar-refractivity contribution is -0.384. The molecule has 0 radical (unpaired) electrons. The second-order valence-electron chi connectivity index (χ2n) is 6.46. The fraction of sp³-hybridized carbons (Fsp3) is 0.421. The molecule has 28 heavy (non-hydrogen) atoms. The fourth-order valence-electron chi connectivity index (χ4n) is 3.20. The van der Waals surface area contributed by atoms with Crippen molar-refractivity contribution in [1.29, 1.82) is 0 Å². The molecule has 1 aromatic carbocycles. The standard InChI is InChI=1S/C19H23N3O6/c1-13-3-5-18(28-13)16(21-7-9-27-10-8-21)12-20-19(23)15-11-14(22(24)25)4-6-17(15)26-2/h3-6,11,16H,7-10,12H2,1-2H3,(H,20,23)/t16-/m1/s1. The third-order valence-electron chi connectivity index (χ3n) is 4.67. The van der Waals surface area contributed by atoms with Crippen molar-refractivity contribution in [2.75, 3.05) is 40.0 Å². The predicted molar refractivity (Wildman–Crippen MR) is 101 cm³/mol. The van der Waals surface area contributed by atoms with E-state index in [0.717, 1.165) is 24.6 Å². The maximum Gasteiger partial charge on any atom is 0.270 e. The molecule has 1 aliphatic rings. The Kier molecular flexibility index (Phi) is 6.27. The largest absolute Gasteiger partial charge is 0.496 e. The van der Waals surface area contributed by atoms with Gasteiger partial charge in [-0.3, -0.25) is 19.8 Å². The van der Waals surface area contributed by atoms with Crippen LogP contribution in [0.25, 0.3) is 0 Å². The number of non-ortho nitro benzene ring substituents is 1. The number of furan rings is 1. The molecule has 9 heteroatoms. The van der Waals surface area contributed by atoms with Gasteiger partial charge in [0.05, 0.1) is 36.9 Å². The number of morpholine rings is 1. The Hall–Kier alpha value is -2.91. The molecule has 9 nitrogen and oxygen atoms in total. The summed E-state index contributed by atoms with van der Waals surface area (Å²) in [5, 5.41) is 13.9. The first kappa shape index (κ1) is 19.8. The summed E-state index contributed by atoms with van der Waals surface area (Å²) < 4.78 is 16.4. The van der Waals surface area contributed by atoms with E-state index in [1.165, 1.54) is 25.3 Å². The number of nitrogens with one attached hydrogen (secondary N) is 1. The Morgan fingerprint density at radius 3 is 2.68 bits per heavy atom. The van der Waals surface area contributed by atoms with E-state index >= 15 is 0 Å². The number of carbonyl (C=O) groups excluding carboxylic acids is 1. The Labute approximate surface area is 162 Å². The summed E-state index contributed by atoms with van der Waals surface area (Å²) in [7, 11) is 1.42. The van der Waals surface area contributed by atoms with Crippen LogP contribution in [0.15, 0.2) is 34.7 Å². The molecule has 1 N–H and O–H groups in total. The van der Waals surface area contributed by atoms with Crippen LogP contribution in [-0.4, -0.2) is 55.7 Å². The van der Waals surface area contributed by atoms with Gasteiger partial charge < -0.3 is 19.2 Å². The van der Waals surface area contributed by atoms with Gasteiger partial charge in [-0.15, -0.1) is 0 Å². The van der Waals surface area contributed by atoms with E-state index in [1.54, 1.807) is 0 Å². The van der Waals surface area contributed by atoms with Crippen LogP contribution < -0.4 is 10.1 Å². The zero-order valence-corrected chi connectivity index (χ0v) is 15.8. The number of ether oxygens (including phenoxy) is 2. The molecule has 0 unspecified atom stereocenters. The van der Waals surface area contributed by atoms with Crippen LogP contribution in [-0.2, 0) is 4.74 Å². The maximum absolute atomic E-state index is 12.7. The summed E-state index contributed by atoms with van der Waals surface area (Å²) in [6.45, 7) is 4.83. The van der Waals surface area contributed by atoms with Gasteiger partial charge in [-0.25, -0.2) is 0 Å². The summed E-state index contributed by atoms with van der Waals surface area (Å²) in [6.07, 6.45) is 0. The van der Waals surface area contributed by atoms with Crippen molar-refractivity contribution >= 4 is 11.6 Å². The van der Waals surface area contributed by atoms with Crippen molar-refractivity contribution in [2.24, 2.45) is 0 Å². The monoisotopic (exact) mass is 389 g/mol. The van der Waals surface area contributed by atoms with Gasteiger partial charge >= 0.3 is 0 Å². The first-order chi connectivity index (χ1) is 13.5. The van der Waals surface area contributed by atoms with Crippen LogP contribution in [0.2, 0.25) is 0 Å². The highest BCUT2D eigenvalue weighted by molar-refractivity contribution is 5.97. The zero-order chi connectivity index (χ0) is 20.1. The number of hydrogen-bond donors (Lipinski definition) is 1. The number of nitro benzene ring substituents is 1. The molecule has 0 bridgehead atoms. The minimum Gasteiger partial charge on any atom is -0.496 e. The maximum atomic E-state index is 12.7. The second kappa shape index (κ2) is 8.85. The van der Waals surface area contributed by atoms with Crippen LogP contribution in [0, 0.1) is 17.0 Å². The van der Waals surface area contributed by atoms with Crippen LogP contribution in [0.1, 0.15) is 27.9 Å². The Balaban J connectivity index is 1.78. The van der Waals surface area contributed by atoms with Gasteiger partial charge in [-0.05, 0) is 25.1 Å². The van der Waals surface area contributed by atoms with Gasteiger partial charge in [0.15, 0.2) is 0 Å². The summed E-state index contributed by atoms with van der Waals surface area (Å²) in [5.74, 6) is 1.38. The number of aryl methyl sites for hydroxylation is 1. The second-order valence-corrected chi connectivity index (χ2v) is 6.46. The van der Waals surface area contributed by atoms with Crippen LogP contribution in [0.3, 0.4) is 0 Å². The van der Waals surface area contributed by atoms with E-state index in [-0.39, 0.29) is 29.6 Å².